The first-order chi connectivity index (χ1) is 4.50. The molecule has 0 saturated carbocycles. The Morgan fingerprint density at radius 3 is 1.00 bits per heavy atom. The minimum absolute atomic E-state index is 6.44. The van der Waals surface area contributed by atoms with Gasteiger partial charge in [-0.05, 0) is 0 Å². The molecule has 0 heterocycles. The van der Waals surface area contributed by atoms with Crippen LogP contribution in [0.5, 0.6) is 0 Å². The molecule has 70 valence electrons. The van der Waals surface area contributed by atoms with Crippen molar-refractivity contribution in [3.05, 3.63) is 0 Å². The third-order valence-corrected chi connectivity index (χ3v) is 2.94. The second kappa shape index (κ2) is 2.62. The molecule has 0 aliphatic heterocycles. The van der Waals surface area contributed by atoms with E-state index in [0.717, 1.165) is 0 Å². The van der Waals surface area contributed by atoms with Crippen LogP contribution in [0.2, 0.25) is 0 Å². The van der Waals surface area contributed by atoms with Gasteiger partial charge in [-0.25, -0.2) is 0 Å². The molecule has 9 heteroatoms. The van der Waals surface area contributed by atoms with Crippen LogP contribution in [0.3, 0.4) is 0 Å². The number of hydrogen-bond acceptors (Lipinski definition) is 0. The quantitative estimate of drug-likeness (QED) is 0.516. The topological polar surface area (TPSA) is 0 Å². The van der Waals surface area contributed by atoms with Gasteiger partial charge < -0.3 is 0 Å². The molecular formula is C2F8Te. The van der Waals surface area contributed by atoms with Crippen molar-refractivity contribution in [3.63, 3.8) is 0 Å². The van der Waals surface area contributed by atoms with E-state index < -0.39 is 30.0 Å². The van der Waals surface area contributed by atoms with Crippen molar-refractivity contribution in [2.75, 3.05) is 0 Å². The summed E-state index contributed by atoms with van der Waals surface area (Å²) < 4.78 is 82.0. The molecule has 0 rings (SSSR count). The second-order valence-electron chi connectivity index (χ2n) is 1.42. The van der Waals surface area contributed by atoms with E-state index in [1.54, 1.807) is 0 Å². The summed E-state index contributed by atoms with van der Waals surface area (Å²) in [7, 11) is 0. The predicted molar refractivity (Wildman–Crippen MR) is 20.1 cm³/mol. The number of hydrogen-bond donors (Lipinski definition) is 0. The Kier molecular flexibility index (Phi) is 2.68. The Balaban J connectivity index is 4.75. The van der Waals surface area contributed by atoms with Gasteiger partial charge in [-0.1, -0.05) is 0 Å². The summed E-state index contributed by atoms with van der Waals surface area (Å²) >= 11 is -8.49. The summed E-state index contributed by atoms with van der Waals surface area (Å²) in [5.41, 5.74) is 0. The van der Waals surface area contributed by atoms with Crippen molar-refractivity contribution in [2.24, 2.45) is 0 Å². The maximum absolute atomic E-state index is 11.3. The summed E-state index contributed by atoms with van der Waals surface area (Å²) in [5, 5.41) is 0. The van der Waals surface area contributed by atoms with Gasteiger partial charge in [-0.3, -0.25) is 0 Å². The Hall–Kier alpha value is 0.230. The molecule has 0 fully saturated rings. The third-order valence-electron chi connectivity index (χ3n) is 0.621. The van der Waals surface area contributed by atoms with Crippen LogP contribution in [0.1, 0.15) is 0 Å². The van der Waals surface area contributed by atoms with E-state index in [9.17, 15) is 30.6 Å². The van der Waals surface area contributed by atoms with Crippen molar-refractivity contribution < 1.29 is 30.6 Å². The first kappa shape index (κ1) is 11.2. The van der Waals surface area contributed by atoms with Crippen molar-refractivity contribution >= 4 is 19.9 Å². The monoisotopic (exact) mass is 306 g/mol. The van der Waals surface area contributed by atoms with Crippen molar-refractivity contribution in [1.29, 1.82) is 0 Å². The van der Waals surface area contributed by atoms with Gasteiger partial charge in [-0.2, -0.15) is 0 Å². The van der Waals surface area contributed by atoms with E-state index in [4.69, 9.17) is 0 Å². The first-order valence-corrected chi connectivity index (χ1v) is 5.67. The third kappa shape index (κ3) is 2.08. The molecule has 0 unspecified atom stereocenters. The minimum atomic E-state index is -8.49. The first-order valence-electron chi connectivity index (χ1n) is 1.86. The Labute approximate surface area is 61.3 Å². The summed E-state index contributed by atoms with van der Waals surface area (Å²) in [6, 6.07) is 0. The molecule has 0 N–H and O–H groups in total. The van der Waals surface area contributed by atoms with Gasteiger partial charge in [0.2, 0.25) is 0 Å². The molecule has 0 bridgehead atoms. The van der Waals surface area contributed by atoms with Crippen LogP contribution in [0.4, 0.5) is 30.6 Å². The summed E-state index contributed by atoms with van der Waals surface area (Å²) in [4.78, 5) is 0. The average molecular weight is 304 g/mol. The molecule has 0 spiro atoms. The Morgan fingerprint density at radius 2 is 1.00 bits per heavy atom. The van der Waals surface area contributed by atoms with E-state index in [1.807, 2.05) is 0 Å². The number of alkyl halides is 5. The molecule has 0 atom stereocenters. The number of halogens is 8. The normalized spacial score (nSPS) is 16.7. The van der Waals surface area contributed by atoms with Gasteiger partial charge in [0.05, 0.1) is 0 Å². The molecule has 0 amide bonds. The van der Waals surface area contributed by atoms with Crippen LogP contribution in [0.25, 0.3) is 0 Å². The van der Waals surface area contributed by atoms with Crippen molar-refractivity contribution in [3.8, 4) is 0 Å². The summed E-state index contributed by atoms with van der Waals surface area (Å²) in [6.45, 7) is 0. The van der Waals surface area contributed by atoms with Crippen LogP contribution in [-0.2, 0) is 0 Å². The Bertz CT molecular complexity index is 123. The molecular weight excluding hydrogens is 304 g/mol. The van der Waals surface area contributed by atoms with E-state index in [1.165, 1.54) is 0 Å². The standard InChI is InChI=1S/C2F8Te/c3-1(4,5)2(6,7)11(8,9)10. The maximum atomic E-state index is 11.3. The summed E-state index contributed by atoms with van der Waals surface area (Å²) in [5.74, 6) is 0. The Morgan fingerprint density at radius 1 is 0.727 bits per heavy atom. The molecule has 11 heavy (non-hydrogen) atoms. The zero-order valence-corrected chi connectivity index (χ0v) is 6.76. The van der Waals surface area contributed by atoms with Crippen molar-refractivity contribution in [2.45, 2.75) is 10.1 Å². The van der Waals surface area contributed by atoms with Gasteiger partial charge in [0, 0.05) is 0 Å². The van der Waals surface area contributed by atoms with Gasteiger partial charge in [0.15, 0.2) is 0 Å². The fourth-order valence-electron chi connectivity index (χ4n) is 0.131. The SMILES string of the molecule is FC(F)(F)C(F)(F)[Te](F)(F)F. The molecule has 0 aliphatic rings. The summed E-state index contributed by atoms with van der Waals surface area (Å²) in [6.07, 6.45) is -6.49. The molecule has 0 saturated heterocycles. The van der Waals surface area contributed by atoms with Crippen LogP contribution < -0.4 is 0 Å². The molecule has 0 radical (unpaired) electrons. The average Bonchev–Trinajstić information content (AvgIpc) is 1.58. The fraction of sp³-hybridized carbons (Fsp3) is 1.00. The predicted octanol–water partition coefficient (Wildman–Crippen LogP) is 2.57. The van der Waals surface area contributed by atoms with Gasteiger partial charge >= 0.3 is 60.7 Å². The second-order valence-corrected chi connectivity index (χ2v) is 5.20. The van der Waals surface area contributed by atoms with Crippen molar-refractivity contribution in [1.82, 2.24) is 0 Å². The van der Waals surface area contributed by atoms with E-state index in [-0.39, 0.29) is 0 Å². The molecule has 0 aromatic heterocycles. The molecule has 0 aliphatic carbocycles. The van der Waals surface area contributed by atoms with Crippen LogP contribution in [-0.4, -0.2) is 30.0 Å². The van der Waals surface area contributed by atoms with E-state index >= 15 is 0 Å². The molecule has 0 nitrogen and oxygen atoms in total. The number of rotatable bonds is 1. The van der Waals surface area contributed by atoms with Crippen LogP contribution in [0.15, 0.2) is 0 Å². The molecule has 0 aromatic rings. The molecule has 0 aromatic carbocycles. The zero-order valence-electron chi connectivity index (χ0n) is 4.43. The fourth-order valence-corrected chi connectivity index (χ4v) is 0.880. The van der Waals surface area contributed by atoms with Crippen LogP contribution in [0, 0.1) is 0 Å². The van der Waals surface area contributed by atoms with Gasteiger partial charge in [0.25, 0.3) is 0 Å². The van der Waals surface area contributed by atoms with E-state index in [2.05, 4.69) is 0 Å². The zero-order chi connectivity index (χ0) is 9.50. The van der Waals surface area contributed by atoms with Gasteiger partial charge in [0.1, 0.15) is 0 Å². The van der Waals surface area contributed by atoms with E-state index in [0.29, 0.717) is 0 Å². The van der Waals surface area contributed by atoms with Gasteiger partial charge in [-0.15, -0.1) is 0 Å². The van der Waals surface area contributed by atoms with Crippen LogP contribution >= 0.6 is 0 Å².